The predicted molar refractivity (Wildman–Crippen MR) is 102 cm³/mol. The highest BCUT2D eigenvalue weighted by Crippen LogP contribution is 2.39. The SMILES string of the molecule is O=C(Oc1c(C(=O)Nc2ccc(F)cc2)cccc1C(F)(F)F)c1ccc(Cl)cc1. The molecule has 3 aromatic rings. The maximum atomic E-state index is 13.5. The smallest absolute Gasteiger partial charge is 0.420 e. The van der Waals surface area contributed by atoms with Gasteiger partial charge in [-0.15, -0.1) is 0 Å². The van der Waals surface area contributed by atoms with E-state index in [9.17, 15) is 27.2 Å². The van der Waals surface area contributed by atoms with Gasteiger partial charge in [0, 0.05) is 10.7 Å². The van der Waals surface area contributed by atoms with Crippen molar-refractivity contribution in [3.63, 3.8) is 0 Å². The fourth-order valence-corrected chi connectivity index (χ4v) is 2.64. The second kappa shape index (κ2) is 8.54. The Morgan fingerprint density at radius 2 is 1.53 bits per heavy atom. The van der Waals surface area contributed by atoms with Crippen LogP contribution in [0.25, 0.3) is 0 Å². The van der Waals surface area contributed by atoms with Crippen LogP contribution in [-0.4, -0.2) is 11.9 Å². The normalized spacial score (nSPS) is 11.1. The lowest BCUT2D eigenvalue weighted by atomic mass is 10.1. The van der Waals surface area contributed by atoms with E-state index in [-0.39, 0.29) is 11.3 Å². The first kappa shape index (κ1) is 21.3. The van der Waals surface area contributed by atoms with Crippen LogP contribution >= 0.6 is 11.6 Å². The summed E-state index contributed by atoms with van der Waals surface area (Å²) in [6.45, 7) is 0. The van der Waals surface area contributed by atoms with E-state index in [1.807, 2.05) is 0 Å². The first-order chi connectivity index (χ1) is 14.1. The third kappa shape index (κ3) is 4.96. The van der Waals surface area contributed by atoms with Gasteiger partial charge in [0.1, 0.15) is 5.82 Å². The van der Waals surface area contributed by atoms with Crippen LogP contribution in [0.15, 0.2) is 66.7 Å². The minimum absolute atomic E-state index is 0.0544. The van der Waals surface area contributed by atoms with E-state index >= 15 is 0 Å². The molecule has 1 N–H and O–H groups in total. The molecule has 0 radical (unpaired) electrons. The van der Waals surface area contributed by atoms with Crippen molar-refractivity contribution in [1.82, 2.24) is 0 Å². The first-order valence-corrected chi connectivity index (χ1v) is 8.78. The molecule has 30 heavy (non-hydrogen) atoms. The number of alkyl halides is 3. The molecule has 0 aliphatic carbocycles. The number of para-hydroxylation sites is 1. The van der Waals surface area contributed by atoms with Crippen LogP contribution in [0.2, 0.25) is 5.02 Å². The second-order valence-corrected chi connectivity index (χ2v) is 6.47. The molecule has 0 aliphatic heterocycles. The quantitative estimate of drug-likeness (QED) is 0.311. The molecule has 0 saturated carbocycles. The Labute approximate surface area is 173 Å². The maximum absolute atomic E-state index is 13.5. The second-order valence-electron chi connectivity index (χ2n) is 6.04. The molecule has 3 aromatic carbocycles. The summed E-state index contributed by atoms with van der Waals surface area (Å²) in [5.41, 5.74) is -1.72. The maximum Gasteiger partial charge on any atom is 0.420 e. The van der Waals surface area contributed by atoms with Crippen molar-refractivity contribution in [2.24, 2.45) is 0 Å². The Hall–Kier alpha value is -3.39. The molecule has 4 nitrogen and oxygen atoms in total. The first-order valence-electron chi connectivity index (χ1n) is 8.40. The van der Waals surface area contributed by atoms with E-state index in [0.29, 0.717) is 11.1 Å². The summed E-state index contributed by atoms with van der Waals surface area (Å²) in [6.07, 6.45) is -4.89. The molecule has 1 amide bonds. The van der Waals surface area contributed by atoms with Gasteiger partial charge in [0.2, 0.25) is 0 Å². The Morgan fingerprint density at radius 1 is 0.900 bits per heavy atom. The number of carbonyl (C=O) groups excluding carboxylic acids is 2. The van der Waals surface area contributed by atoms with Gasteiger partial charge in [-0.3, -0.25) is 4.79 Å². The molecule has 3 rings (SSSR count). The van der Waals surface area contributed by atoms with E-state index in [1.165, 1.54) is 36.4 Å². The highest BCUT2D eigenvalue weighted by atomic mass is 35.5. The number of amides is 1. The summed E-state index contributed by atoms with van der Waals surface area (Å²) in [7, 11) is 0. The molecule has 0 heterocycles. The Morgan fingerprint density at radius 3 is 2.13 bits per heavy atom. The zero-order valence-electron chi connectivity index (χ0n) is 15.0. The van der Waals surface area contributed by atoms with Crippen molar-refractivity contribution < 1.29 is 31.9 Å². The molecule has 154 valence electrons. The van der Waals surface area contributed by atoms with Gasteiger partial charge in [-0.2, -0.15) is 13.2 Å². The number of benzene rings is 3. The summed E-state index contributed by atoms with van der Waals surface area (Å²) >= 11 is 5.74. The molecular formula is C21H12ClF4NO3. The average Bonchev–Trinajstić information content (AvgIpc) is 2.69. The minimum Gasteiger partial charge on any atom is -0.421 e. The largest absolute Gasteiger partial charge is 0.421 e. The molecule has 0 aliphatic rings. The molecular weight excluding hydrogens is 426 g/mol. The number of rotatable bonds is 4. The standard InChI is InChI=1S/C21H12ClF4NO3/c22-13-6-4-12(5-7-13)20(29)30-18-16(2-1-3-17(18)21(24,25)26)19(28)27-15-10-8-14(23)9-11-15/h1-11H,(H,27,28). The third-order valence-corrected chi connectivity index (χ3v) is 4.19. The van der Waals surface area contributed by atoms with Gasteiger partial charge in [-0.1, -0.05) is 17.7 Å². The number of halogens is 5. The van der Waals surface area contributed by atoms with Gasteiger partial charge in [-0.05, 0) is 60.7 Å². The number of hydrogen-bond donors (Lipinski definition) is 1. The Kier molecular flexibility index (Phi) is 6.07. The number of nitrogens with one attached hydrogen (secondary N) is 1. The topological polar surface area (TPSA) is 55.4 Å². The van der Waals surface area contributed by atoms with E-state index in [1.54, 1.807) is 0 Å². The number of carbonyl (C=O) groups is 2. The molecule has 0 aromatic heterocycles. The Bertz CT molecular complexity index is 1080. The van der Waals surface area contributed by atoms with Crippen LogP contribution in [0.5, 0.6) is 5.75 Å². The van der Waals surface area contributed by atoms with Gasteiger partial charge < -0.3 is 10.1 Å². The van der Waals surface area contributed by atoms with Crippen LogP contribution < -0.4 is 10.1 Å². The summed E-state index contributed by atoms with van der Waals surface area (Å²) in [6, 6.07) is 12.7. The molecule has 0 atom stereocenters. The summed E-state index contributed by atoms with van der Waals surface area (Å²) in [5.74, 6) is -3.56. The van der Waals surface area contributed by atoms with Crippen LogP contribution in [0, 0.1) is 5.82 Å². The van der Waals surface area contributed by atoms with Gasteiger partial charge in [0.25, 0.3) is 5.91 Å². The highest BCUT2D eigenvalue weighted by molar-refractivity contribution is 6.30. The van der Waals surface area contributed by atoms with Crippen LogP contribution in [0.4, 0.5) is 23.2 Å². The van der Waals surface area contributed by atoms with E-state index < -0.39 is 40.7 Å². The molecule has 0 bridgehead atoms. The average molecular weight is 438 g/mol. The third-order valence-electron chi connectivity index (χ3n) is 3.94. The lowest BCUT2D eigenvalue weighted by molar-refractivity contribution is -0.138. The van der Waals surface area contributed by atoms with Gasteiger partial charge in [-0.25, -0.2) is 9.18 Å². The predicted octanol–water partition coefficient (Wildman–Crippen LogP) is 5.97. The lowest BCUT2D eigenvalue weighted by Crippen LogP contribution is -2.20. The van der Waals surface area contributed by atoms with Crippen molar-refractivity contribution >= 4 is 29.2 Å². The van der Waals surface area contributed by atoms with Gasteiger partial charge in [0.15, 0.2) is 5.75 Å². The highest BCUT2D eigenvalue weighted by Gasteiger charge is 2.37. The zero-order valence-corrected chi connectivity index (χ0v) is 15.7. The van der Waals surface area contributed by atoms with Crippen LogP contribution in [0.3, 0.4) is 0 Å². The summed E-state index contributed by atoms with van der Waals surface area (Å²) < 4.78 is 58.5. The molecule has 0 fully saturated rings. The van der Waals surface area contributed by atoms with Crippen molar-refractivity contribution in [3.05, 3.63) is 94.3 Å². The van der Waals surface area contributed by atoms with Crippen molar-refractivity contribution in [3.8, 4) is 5.75 Å². The summed E-state index contributed by atoms with van der Waals surface area (Å²) in [5, 5.41) is 2.66. The number of ether oxygens (including phenoxy) is 1. The van der Waals surface area contributed by atoms with Crippen LogP contribution in [-0.2, 0) is 6.18 Å². The van der Waals surface area contributed by atoms with E-state index in [0.717, 1.165) is 24.3 Å². The number of hydrogen-bond acceptors (Lipinski definition) is 3. The monoisotopic (exact) mass is 437 g/mol. The van der Waals surface area contributed by atoms with E-state index in [2.05, 4.69) is 5.32 Å². The van der Waals surface area contributed by atoms with E-state index in [4.69, 9.17) is 16.3 Å². The Balaban J connectivity index is 1.98. The fraction of sp³-hybridized carbons (Fsp3) is 0.0476. The van der Waals surface area contributed by atoms with Crippen molar-refractivity contribution in [2.45, 2.75) is 6.18 Å². The lowest BCUT2D eigenvalue weighted by Gasteiger charge is -2.16. The van der Waals surface area contributed by atoms with Gasteiger partial charge >= 0.3 is 12.1 Å². The molecule has 9 heteroatoms. The number of anilines is 1. The molecule has 0 saturated heterocycles. The minimum atomic E-state index is -4.89. The molecule has 0 spiro atoms. The summed E-state index contributed by atoms with van der Waals surface area (Å²) in [4.78, 5) is 24.9. The zero-order chi connectivity index (χ0) is 21.9. The van der Waals surface area contributed by atoms with Gasteiger partial charge in [0.05, 0.1) is 16.7 Å². The fourth-order valence-electron chi connectivity index (χ4n) is 2.52. The van der Waals surface area contributed by atoms with Crippen molar-refractivity contribution in [1.29, 1.82) is 0 Å². The van der Waals surface area contributed by atoms with Crippen LogP contribution in [0.1, 0.15) is 26.3 Å². The number of esters is 1. The van der Waals surface area contributed by atoms with Crippen molar-refractivity contribution in [2.75, 3.05) is 5.32 Å². The molecule has 0 unspecified atom stereocenters.